The molecule has 178 valence electrons. The Morgan fingerprint density at radius 3 is 2.18 bits per heavy atom. The van der Waals surface area contributed by atoms with Gasteiger partial charge in [-0.25, -0.2) is 4.79 Å². The van der Waals surface area contributed by atoms with E-state index in [1.54, 1.807) is 25.1 Å². The van der Waals surface area contributed by atoms with Crippen molar-refractivity contribution in [2.24, 2.45) is 0 Å². The monoisotopic (exact) mass is 492 g/mol. The fourth-order valence-electron chi connectivity index (χ4n) is 3.50. The molecule has 8 nitrogen and oxygen atoms in total. The number of carbonyl (C=O) groups excluding carboxylic acids is 3. The number of aryl methyl sites for hydroxylation is 1. The number of para-hydroxylation sites is 1. The van der Waals surface area contributed by atoms with Gasteiger partial charge < -0.3 is 15.4 Å². The lowest BCUT2D eigenvalue weighted by molar-refractivity contribution is -0.120. The highest BCUT2D eigenvalue weighted by Crippen LogP contribution is 2.29. The summed E-state index contributed by atoms with van der Waals surface area (Å²) in [5.41, 5.74) is 1.00. The number of rotatable bonds is 9. The fraction of sp³-hybridized carbons (Fsp3) is 0.435. The Balaban J connectivity index is 1.46. The van der Waals surface area contributed by atoms with Crippen LogP contribution in [0.25, 0.3) is 0 Å². The minimum atomic E-state index is -0.424. The van der Waals surface area contributed by atoms with Crippen LogP contribution in [0.5, 0.6) is 0 Å². The molecule has 0 atom stereocenters. The molecule has 0 saturated carbocycles. The van der Waals surface area contributed by atoms with Gasteiger partial charge in [0.1, 0.15) is 5.00 Å². The molecule has 2 N–H and O–H groups in total. The molecule has 2 amide bonds. The highest BCUT2D eigenvalue weighted by molar-refractivity contribution is 7.16. The van der Waals surface area contributed by atoms with Gasteiger partial charge in [0.25, 0.3) is 0 Å². The van der Waals surface area contributed by atoms with Gasteiger partial charge in [-0.15, -0.1) is 11.3 Å². The van der Waals surface area contributed by atoms with E-state index in [1.807, 2.05) is 28.9 Å². The summed E-state index contributed by atoms with van der Waals surface area (Å²) in [5, 5.41) is 6.74. The first kappa shape index (κ1) is 25.2. The molecule has 33 heavy (non-hydrogen) atoms. The van der Waals surface area contributed by atoms with E-state index in [9.17, 15) is 14.4 Å². The van der Waals surface area contributed by atoms with Crippen LogP contribution in [0.4, 0.5) is 10.7 Å². The van der Waals surface area contributed by atoms with Crippen molar-refractivity contribution in [2.45, 2.75) is 20.3 Å². The molecule has 1 aromatic carbocycles. The maximum atomic E-state index is 12.6. The maximum Gasteiger partial charge on any atom is 0.341 e. The molecule has 2 heterocycles. The number of hydrogen-bond acceptors (Lipinski definition) is 7. The second-order valence-corrected chi connectivity index (χ2v) is 9.20. The highest BCUT2D eigenvalue weighted by Gasteiger charge is 2.23. The van der Waals surface area contributed by atoms with Crippen LogP contribution in [0.2, 0.25) is 5.02 Å². The lowest BCUT2D eigenvalue weighted by atomic mass is 10.2. The van der Waals surface area contributed by atoms with E-state index in [4.69, 9.17) is 16.3 Å². The Hall–Kier alpha value is -2.46. The summed E-state index contributed by atoms with van der Waals surface area (Å²) in [6, 6.07) is 8.91. The number of nitrogens with zero attached hydrogens (tertiary/aromatic N) is 2. The van der Waals surface area contributed by atoms with Crippen molar-refractivity contribution < 1.29 is 19.1 Å². The normalized spacial score (nSPS) is 14.6. The minimum Gasteiger partial charge on any atom is -0.462 e. The first-order valence-electron chi connectivity index (χ1n) is 11.0. The van der Waals surface area contributed by atoms with Gasteiger partial charge in [0, 0.05) is 31.1 Å². The lowest BCUT2D eigenvalue weighted by Crippen LogP contribution is -2.50. The van der Waals surface area contributed by atoms with Crippen molar-refractivity contribution in [2.75, 3.05) is 56.5 Å². The minimum absolute atomic E-state index is 0.120. The molecule has 0 spiro atoms. The first-order valence-corrected chi connectivity index (χ1v) is 12.2. The van der Waals surface area contributed by atoms with E-state index in [0.717, 1.165) is 11.3 Å². The number of piperazine rings is 1. The molecule has 1 aliphatic rings. The number of ether oxygens (including phenoxy) is 1. The van der Waals surface area contributed by atoms with Crippen molar-refractivity contribution in [1.82, 2.24) is 9.80 Å². The molecule has 1 saturated heterocycles. The Morgan fingerprint density at radius 1 is 1.00 bits per heavy atom. The number of amides is 2. The standard InChI is InChI=1S/C23H29ClN4O4S/c1-3-16-13-17(23(31)32-4-2)22(33-16)26-21(30)15-28-11-9-27(10-12-28)14-20(29)25-19-8-6-5-7-18(19)24/h5-8,13H,3-4,9-12,14-15H2,1-2H3,(H,25,29)(H,26,30). The zero-order chi connectivity index (χ0) is 23.8. The molecule has 3 rings (SSSR count). The molecule has 10 heteroatoms. The number of carbonyl (C=O) groups is 3. The van der Waals surface area contributed by atoms with Crippen LogP contribution in [0.15, 0.2) is 30.3 Å². The zero-order valence-electron chi connectivity index (χ0n) is 18.9. The summed E-state index contributed by atoms with van der Waals surface area (Å²) >= 11 is 7.49. The molecular formula is C23H29ClN4O4S. The van der Waals surface area contributed by atoms with Crippen LogP contribution in [-0.4, -0.2) is 73.5 Å². The van der Waals surface area contributed by atoms with Gasteiger partial charge in [0.2, 0.25) is 11.8 Å². The van der Waals surface area contributed by atoms with E-state index in [2.05, 4.69) is 10.6 Å². The lowest BCUT2D eigenvalue weighted by Gasteiger charge is -2.33. The topological polar surface area (TPSA) is 91.0 Å². The molecule has 0 radical (unpaired) electrons. The first-order chi connectivity index (χ1) is 15.9. The highest BCUT2D eigenvalue weighted by atomic mass is 35.5. The van der Waals surface area contributed by atoms with Gasteiger partial charge in [-0.3, -0.25) is 19.4 Å². The van der Waals surface area contributed by atoms with Gasteiger partial charge in [0.05, 0.1) is 36.0 Å². The van der Waals surface area contributed by atoms with Crippen molar-refractivity contribution >= 4 is 51.4 Å². The number of hydrogen-bond donors (Lipinski definition) is 2. The SMILES string of the molecule is CCOC(=O)c1cc(CC)sc1NC(=O)CN1CCN(CC(=O)Nc2ccccc2Cl)CC1. The molecule has 1 fully saturated rings. The zero-order valence-corrected chi connectivity index (χ0v) is 20.4. The number of anilines is 2. The third-order valence-corrected chi connectivity index (χ3v) is 6.75. The average Bonchev–Trinajstić information content (AvgIpc) is 3.19. The quantitative estimate of drug-likeness (QED) is 0.522. The number of thiophene rings is 1. The fourth-order valence-corrected chi connectivity index (χ4v) is 4.68. The summed E-state index contributed by atoms with van der Waals surface area (Å²) in [4.78, 5) is 42.2. The van der Waals surface area contributed by atoms with Gasteiger partial charge in [0.15, 0.2) is 0 Å². The summed E-state index contributed by atoms with van der Waals surface area (Å²) < 4.78 is 5.11. The van der Waals surface area contributed by atoms with Gasteiger partial charge in [-0.05, 0) is 31.5 Å². The summed E-state index contributed by atoms with van der Waals surface area (Å²) in [6.45, 7) is 7.22. The Kier molecular flexibility index (Phi) is 9.25. The van der Waals surface area contributed by atoms with E-state index in [0.29, 0.717) is 47.5 Å². The van der Waals surface area contributed by atoms with E-state index >= 15 is 0 Å². The van der Waals surface area contributed by atoms with Crippen LogP contribution >= 0.6 is 22.9 Å². The van der Waals surface area contributed by atoms with Gasteiger partial charge in [-0.1, -0.05) is 30.7 Å². The van der Waals surface area contributed by atoms with Crippen LogP contribution in [0, 0.1) is 0 Å². The van der Waals surface area contributed by atoms with Crippen molar-refractivity contribution in [3.8, 4) is 0 Å². The third kappa shape index (κ3) is 7.26. The van der Waals surface area contributed by atoms with Crippen LogP contribution in [0.3, 0.4) is 0 Å². The van der Waals surface area contributed by atoms with Gasteiger partial charge in [-0.2, -0.15) is 0 Å². The Morgan fingerprint density at radius 2 is 1.61 bits per heavy atom. The van der Waals surface area contributed by atoms with Crippen molar-refractivity contribution in [3.05, 3.63) is 45.8 Å². The largest absolute Gasteiger partial charge is 0.462 e. The second-order valence-electron chi connectivity index (χ2n) is 7.66. The Labute approximate surface area is 202 Å². The molecule has 0 unspecified atom stereocenters. The second kappa shape index (κ2) is 12.1. The van der Waals surface area contributed by atoms with Crippen LogP contribution < -0.4 is 10.6 Å². The number of esters is 1. The number of halogens is 1. The average molecular weight is 493 g/mol. The van der Waals surface area contributed by atoms with E-state index in [1.165, 1.54) is 11.3 Å². The maximum absolute atomic E-state index is 12.6. The molecule has 0 bridgehead atoms. The van der Waals surface area contributed by atoms with Crippen molar-refractivity contribution in [1.29, 1.82) is 0 Å². The smallest absolute Gasteiger partial charge is 0.341 e. The summed E-state index contributed by atoms with van der Waals surface area (Å²) in [5.74, 6) is -0.715. The molecule has 1 aliphatic heterocycles. The molecule has 2 aromatic rings. The number of benzene rings is 1. The Bertz CT molecular complexity index is 989. The predicted molar refractivity (Wildman–Crippen MR) is 131 cm³/mol. The summed E-state index contributed by atoms with van der Waals surface area (Å²) in [7, 11) is 0. The molecular weight excluding hydrogens is 464 g/mol. The summed E-state index contributed by atoms with van der Waals surface area (Å²) in [6.07, 6.45) is 0.777. The van der Waals surface area contributed by atoms with E-state index in [-0.39, 0.29) is 31.5 Å². The van der Waals surface area contributed by atoms with Gasteiger partial charge >= 0.3 is 5.97 Å². The molecule has 1 aromatic heterocycles. The van der Waals surface area contributed by atoms with Crippen LogP contribution in [0.1, 0.15) is 29.1 Å². The van der Waals surface area contributed by atoms with Crippen LogP contribution in [-0.2, 0) is 20.7 Å². The third-order valence-electron chi connectivity index (χ3n) is 5.23. The van der Waals surface area contributed by atoms with E-state index < -0.39 is 5.97 Å². The molecule has 0 aliphatic carbocycles. The predicted octanol–water partition coefficient (Wildman–Crippen LogP) is 3.34. The number of nitrogens with one attached hydrogen (secondary N) is 2. The van der Waals surface area contributed by atoms with Crippen molar-refractivity contribution in [3.63, 3.8) is 0 Å².